The van der Waals surface area contributed by atoms with Gasteiger partial charge in [-0.3, -0.25) is 0 Å². The summed E-state index contributed by atoms with van der Waals surface area (Å²) in [5.41, 5.74) is 2.90. The Bertz CT molecular complexity index is 676. The molecular weight excluding hydrogens is 300 g/mol. The third-order valence-corrected chi connectivity index (χ3v) is 3.33. The summed E-state index contributed by atoms with van der Waals surface area (Å²) in [5.74, 6) is 0. The SMILES string of the molecule is Clc1cc(Br)c2nc(-c3ccccc3)cn2c1. The predicted octanol–water partition coefficient (Wildman–Crippen LogP) is 4.42. The zero-order chi connectivity index (χ0) is 11.8. The van der Waals surface area contributed by atoms with Crippen LogP contribution in [-0.4, -0.2) is 9.38 Å². The molecule has 0 saturated heterocycles. The van der Waals surface area contributed by atoms with Gasteiger partial charge in [-0.25, -0.2) is 4.98 Å². The molecule has 3 rings (SSSR count). The van der Waals surface area contributed by atoms with Crippen LogP contribution in [-0.2, 0) is 0 Å². The van der Waals surface area contributed by atoms with Crippen molar-refractivity contribution >= 4 is 33.2 Å². The molecule has 4 heteroatoms. The van der Waals surface area contributed by atoms with E-state index in [9.17, 15) is 0 Å². The van der Waals surface area contributed by atoms with Crippen molar-refractivity contribution in [1.29, 1.82) is 0 Å². The van der Waals surface area contributed by atoms with E-state index in [1.165, 1.54) is 0 Å². The second kappa shape index (κ2) is 4.17. The summed E-state index contributed by atoms with van der Waals surface area (Å²) in [6.45, 7) is 0. The Hall–Kier alpha value is -1.32. The lowest BCUT2D eigenvalue weighted by Gasteiger charge is -1.96. The largest absolute Gasteiger partial charge is 0.304 e. The fourth-order valence-corrected chi connectivity index (χ4v) is 2.66. The number of halogens is 2. The van der Waals surface area contributed by atoms with E-state index in [0.717, 1.165) is 21.4 Å². The third kappa shape index (κ3) is 1.96. The Kier molecular flexibility index (Phi) is 2.65. The van der Waals surface area contributed by atoms with Crippen LogP contribution in [0.25, 0.3) is 16.9 Å². The van der Waals surface area contributed by atoms with Crippen LogP contribution in [0.4, 0.5) is 0 Å². The van der Waals surface area contributed by atoms with Gasteiger partial charge in [0.1, 0.15) is 0 Å². The first-order valence-corrected chi connectivity index (χ1v) is 6.30. The topological polar surface area (TPSA) is 17.3 Å². The van der Waals surface area contributed by atoms with Gasteiger partial charge < -0.3 is 4.40 Å². The Labute approximate surface area is 112 Å². The molecule has 0 amide bonds. The van der Waals surface area contributed by atoms with Gasteiger partial charge in [-0.1, -0.05) is 41.9 Å². The Balaban J connectivity index is 2.24. The first kappa shape index (κ1) is 10.8. The Morgan fingerprint density at radius 2 is 1.88 bits per heavy atom. The second-order valence-corrected chi connectivity index (χ2v) is 5.02. The highest BCUT2D eigenvalue weighted by molar-refractivity contribution is 9.10. The molecule has 0 saturated carbocycles. The lowest BCUT2D eigenvalue weighted by atomic mass is 10.2. The van der Waals surface area contributed by atoms with E-state index >= 15 is 0 Å². The van der Waals surface area contributed by atoms with E-state index in [0.29, 0.717) is 5.02 Å². The predicted molar refractivity (Wildman–Crippen MR) is 73.3 cm³/mol. The fraction of sp³-hybridized carbons (Fsp3) is 0. The summed E-state index contributed by atoms with van der Waals surface area (Å²) in [7, 11) is 0. The van der Waals surface area contributed by atoms with Gasteiger partial charge >= 0.3 is 0 Å². The van der Waals surface area contributed by atoms with E-state index in [1.54, 1.807) is 0 Å². The number of pyridine rings is 1. The van der Waals surface area contributed by atoms with E-state index < -0.39 is 0 Å². The summed E-state index contributed by atoms with van der Waals surface area (Å²) >= 11 is 9.47. The minimum absolute atomic E-state index is 0.682. The van der Waals surface area contributed by atoms with Crippen molar-refractivity contribution in [2.75, 3.05) is 0 Å². The number of aromatic nitrogens is 2. The van der Waals surface area contributed by atoms with Crippen molar-refractivity contribution in [2.24, 2.45) is 0 Å². The molecule has 1 aromatic carbocycles. The average Bonchev–Trinajstić information content (AvgIpc) is 2.74. The number of hydrogen-bond acceptors (Lipinski definition) is 1. The van der Waals surface area contributed by atoms with Crippen molar-refractivity contribution in [2.45, 2.75) is 0 Å². The molecule has 0 fully saturated rings. The zero-order valence-corrected chi connectivity index (χ0v) is 11.1. The molecule has 2 heterocycles. The number of nitrogens with zero attached hydrogens (tertiary/aromatic N) is 2. The molecular formula is C13H8BrClN2. The Morgan fingerprint density at radius 3 is 2.65 bits per heavy atom. The molecule has 0 N–H and O–H groups in total. The molecule has 0 unspecified atom stereocenters. The number of rotatable bonds is 1. The minimum atomic E-state index is 0.682. The molecule has 2 aromatic heterocycles. The van der Waals surface area contributed by atoms with Crippen LogP contribution in [0.2, 0.25) is 5.02 Å². The van der Waals surface area contributed by atoms with E-state index in [4.69, 9.17) is 11.6 Å². The number of fused-ring (bicyclic) bond motifs is 1. The third-order valence-electron chi connectivity index (χ3n) is 2.54. The van der Waals surface area contributed by atoms with Gasteiger partial charge in [-0.05, 0) is 22.0 Å². The molecule has 84 valence electrons. The lowest BCUT2D eigenvalue weighted by molar-refractivity contribution is 1.18. The van der Waals surface area contributed by atoms with Crippen LogP contribution < -0.4 is 0 Å². The van der Waals surface area contributed by atoms with Crippen LogP contribution >= 0.6 is 27.5 Å². The second-order valence-electron chi connectivity index (χ2n) is 3.73. The van der Waals surface area contributed by atoms with Crippen molar-refractivity contribution in [3.63, 3.8) is 0 Å². The van der Waals surface area contributed by atoms with E-state index in [1.807, 2.05) is 53.2 Å². The summed E-state index contributed by atoms with van der Waals surface area (Å²) in [4.78, 5) is 4.58. The number of benzene rings is 1. The van der Waals surface area contributed by atoms with E-state index in [2.05, 4.69) is 20.9 Å². The zero-order valence-electron chi connectivity index (χ0n) is 8.77. The van der Waals surface area contributed by atoms with Crippen molar-refractivity contribution in [3.05, 3.63) is 58.3 Å². The molecule has 3 aromatic rings. The van der Waals surface area contributed by atoms with Gasteiger partial charge in [-0.2, -0.15) is 0 Å². The van der Waals surface area contributed by atoms with Crippen LogP contribution in [0.1, 0.15) is 0 Å². The molecule has 0 atom stereocenters. The molecule has 0 aliphatic heterocycles. The maximum atomic E-state index is 6.00. The molecule has 0 aliphatic carbocycles. The van der Waals surface area contributed by atoms with Crippen molar-refractivity contribution < 1.29 is 0 Å². The molecule has 17 heavy (non-hydrogen) atoms. The van der Waals surface area contributed by atoms with Crippen LogP contribution in [0.3, 0.4) is 0 Å². The number of imidazole rings is 1. The highest BCUT2D eigenvalue weighted by Gasteiger charge is 2.07. The van der Waals surface area contributed by atoms with Crippen LogP contribution in [0.5, 0.6) is 0 Å². The monoisotopic (exact) mass is 306 g/mol. The van der Waals surface area contributed by atoms with Gasteiger partial charge in [0.2, 0.25) is 0 Å². The minimum Gasteiger partial charge on any atom is -0.304 e. The first-order valence-electron chi connectivity index (χ1n) is 5.13. The number of hydrogen-bond donors (Lipinski definition) is 0. The molecule has 2 nitrogen and oxygen atoms in total. The summed E-state index contributed by atoms with van der Waals surface area (Å²) in [6.07, 6.45) is 3.82. The van der Waals surface area contributed by atoms with E-state index in [-0.39, 0.29) is 0 Å². The molecule has 0 aliphatic rings. The Morgan fingerprint density at radius 1 is 1.12 bits per heavy atom. The van der Waals surface area contributed by atoms with Crippen LogP contribution in [0.15, 0.2) is 53.3 Å². The summed E-state index contributed by atoms with van der Waals surface area (Å²) in [6, 6.07) is 11.9. The van der Waals surface area contributed by atoms with Gasteiger partial charge in [0.15, 0.2) is 5.65 Å². The smallest absolute Gasteiger partial charge is 0.151 e. The van der Waals surface area contributed by atoms with Crippen molar-refractivity contribution in [1.82, 2.24) is 9.38 Å². The standard InChI is InChI=1S/C13H8BrClN2/c14-11-6-10(15)7-17-8-12(16-13(11)17)9-4-2-1-3-5-9/h1-8H. The van der Waals surface area contributed by atoms with Gasteiger partial charge in [0.05, 0.1) is 15.2 Å². The molecule has 0 bridgehead atoms. The lowest BCUT2D eigenvalue weighted by Crippen LogP contribution is -1.83. The van der Waals surface area contributed by atoms with Gasteiger partial charge in [-0.15, -0.1) is 0 Å². The maximum Gasteiger partial charge on any atom is 0.151 e. The maximum absolute atomic E-state index is 6.00. The highest BCUT2D eigenvalue weighted by atomic mass is 79.9. The highest BCUT2D eigenvalue weighted by Crippen LogP contribution is 2.25. The summed E-state index contributed by atoms with van der Waals surface area (Å²) < 4.78 is 2.82. The fourth-order valence-electron chi connectivity index (χ4n) is 1.77. The average molecular weight is 308 g/mol. The quantitative estimate of drug-likeness (QED) is 0.650. The molecule has 0 radical (unpaired) electrons. The molecule has 0 spiro atoms. The van der Waals surface area contributed by atoms with Gasteiger partial charge in [0.25, 0.3) is 0 Å². The first-order chi connectivity index (χ1) is 8.24. The van der Waals surface area contributed by atoms with Crippen LogP contribution in [0, 0.1) is 0 Å². The normalized spacial score (nSPS) is 10.9. The van der Waals surface area contributed by atoms with Gasteiger partial charge in [0, 0.05) is 18.0 Å². The summed E-state index contributed by atoms with van der Waals surface area (Å²) in [5, 5.41) is 0.682. The van der Waals surface area contributed by atoms with Crippen molar-refractivity contribution in [3.8, 4) is 11.3 Å².